The van der Waals surface area contributed by atoms with Crippen molar-refractivity contribution in [3.05, 3.63) is 65.9 Å². The van der Waals surface area contributed by atoms with Crippen molar-refractivity contribution in [3.8, 4) is 11.8 Å². The molecule has 0 heterocycles. The number of nitrogens with one attached hydrogen (secondary N) is 2. The van der Waals surface area contributed by atoms with Gasteiger partial charge in [-0.15, -0.1) is 0 Å². The second kappa shape index (κ2) is 8.07. The first-order valence-corrected chi connectivity index (χ1v) is 7.33. The van der Waals surface area contributed by atoms with Crippen LogP contribution >= 0.6 is 0 Å². The maximum absolute atomic E-state index is 12.7. The Morgan fingerprint density at radius 2 is 1.92 bits per heavy atom. The zero-order valence-electron chi connectivity index (χ0n) is 13.6. The molecule has 0 radical (unpaired) electrons. The van der Waals surface area contributed by atoms with Gasteiger partial charge in [0.1, 0.15) is 17.4 Å². The average Bonchev–Trinajstić information content (AvgIpc) is 2.62. The summed E-state index contributed by atoms with van der Waals surface area (Å²) in [4.78, 5) is 12.2. The molecule has 26 heavy (non-hydrogen) atoms. The van der Waals surface area contributed by atoms with Crippen molar-refractivity contribution in [2.24, 2.45) is 0 Å². The lowest BCUT2D eigenvalue weighted by molar-refractivity contribution is -0.137. The third-order valence-corrected chi connectivity index (χ3v) is 3.29. The summed E-state index contributed by atoms with van der Waals surface area (Å²) in [5, 5.41) is 14.2. The summed E-state index contributed by atoms with van der Waals surface area (Å²) < 4.78 is 43.2. The summed E-state index contributed by atoms with van der Waals surface area (Å²) in [6.07, 6.45) is -3.44. The second-order valence-corrected chi connectivity index (χ2v) is 5.05. The number of ether oxygens (including phenoxy) is 1. The molecular formula is C18H14F3N3O2. The minimum absolute atomic E-state index is 0.0951. The van der Waals surface area contributed by atoms with E-state index in [1.54, 1.807) is 30.3 Å². The fourth-order valence-electron chi connectivity index (χ4n) is 2.03. The van der Waals surface area contributed by atoms with E-state index in [0.29, 0.717) is 11.4 Å². The molecule has 2 N–H and O–H groups in total. The number of carbonyl (C=O) groups is 1. The number of rotatable bonds is 5. The number of para-hydroxylation sites is 2. The zero-order chi connectivity index (χ0) is 19.2. The van der Waals surface area contributed by atoms with Crippen LogP contribution < -0.4 is 15.4 Å². The first-order valence-electron chi connectivity index (χ1n) is 7.33. The molecular weight excluding hydrogens is 347 g/mol. The van der Waals surface area contributed by atoms with Crippen molar-refractivity contribution in [2.75, 3.05) is 17.7 Å². The normalized spacial score (nSPS) is 11.4. The van der Waals surface area contributed by atoms with Gasteiger partial charge in [0.25, 0.3) is 5.91 Å². The lowest BCUT2D eigenvalue weighted by atomic mass is 10.2. The van der Waals surface area contributed by atoms with Crippen LogP contribution in [0.2, 0.25) is 0 Å². The second-order valence-electron chi connectivity index (χ2n) is 5.05. The van der Waals surface area contributed by atoms with Crippen LogP contribution in [0.5, 0.6) is 5.75 Å². The van der Waals surface area contributed by atoms with E-state index in [-0.39, 0.29) is 11.3 Å². The monoisotopic (exact) mass is 361 g/mol. The summed E-state index contributed by atoms with van der Waals surface area (Å²) in [6, 6.07) is 12.7. The van der Waals surface area contributed by atoms with E-state index in [4.69, 9.17) is 10.00 Å². The predicted molar refractivity (Wildman–Crippen MR) is 90.4 cm³/mol. The van der Waals surface area contributed by atoms with Crippen LogP contribution in [-0.4, -0.2) is 13.0 Å². The molecule has 0 saturated carbocycles. The number of methoxy groups -OCH3 is 1. The van der Waals surface area contributed by atoms with E-state index in [1.165, 1.54) is 19.2 Å². The van der Waals surface area contributed by atoms with Crippen molar-refractivity contribution < 1.29 is 22.7 Å². The Morgan fingerprint density at radius 1 is 1.19 bits per heavy atom. The Bertz CT molecular complexity index is 870. The Labute approximate surface area is 147 Å². The number of nitrogens with zero attached hydrogens (tertiary/aromatic N) is 1. The number of anilines is 2. The molecule has 0 atom stereocenters. The number of alkyl halides is 3. The lowest BCUT2D eigenvalue weighted by Gasteiger charge is -2.10. The van der Waals surface area contributed by atoms with E-state index in [9.17, 15) is 18.0 Å². The highest BCUT2D eigenvalue weighted by Crippen LogP contribution is 2.30. The Kier molecular flexibility index (Phi) is 5.86. The molecule has 0 aromatic heterocycles. The van der Waals surface area contributed by atoms with E-state index < -0.39 is 17.6 Å². The molecule has 0 aliphatic rings. The topological polar surface area (TPSA) is 74.1 Å². The van der Waals surface area contributed by atoms with Gasteiger partial charge in [0.15, 0.2) is 0 Å². The smallest absolute Gasteiger partial charge is 0.416 e. The highest BCUT2D eigenvalue weighted by atomic mass is 19.4. The number of amides is 1. The summed E-state index contributed by atoms with van der Waals surface area (Å²) in [7, 11) is 1.43. The fraction of sp³-hybridized carbons (Fsp3) is 0.111. The lowest BCUT2D eigenvalue weighted by Crippen LogP contribution is -2.15. The predicted octanol–water partition coefficient (Wildman–Crippen LogP) is 4.17. The average molecular weight is 361 g/mol. The molecule has 2 aromatic carbocycles. The van der Waals surface area contributed by atoms with Gasteiger partial charge < -0.3 is 15.4 Å². The molecule has 0 aliphatic heterocycles. The maximum atomic E-state index is 12.7. The fourth-order valence-corrected chi connectivity index (χ4v) is 2.03. The molecule has 2 rings (SSSR count). The van der Waals surface area contributed by atoms with Crippen LogP contribution in [0.25, 0.3) is 0 Å². The van der Waals surface area contributed by atoms with Crippen molar-refractivity contribution in [1.29, 1.82) is 5.26 Å². The van der Waals surface area contributed by atoms with Crippen molar-refractivity contribution in [3.63, 3.8) is 0 Å². The molecule has 0 bridgehead atoms. The van der Waals surface area contributed by atoms with Crippen LogP contribution in [0.4, 0.5) is 24.5 Å². The quantitative estimate of drug-likeness (QED) is 0.619. The van der Waals surface area contributed by atoms with Gasteiger partial charge in [0.2, 0.25) is 0 Å². The van der Waals surface area contributed by atoms with Gasteiger partial charge in [-0.1, -0.05) is 18.2 Å². The van der Waals surface area contributed by atoms with Crippen LogP contribution in [0.3, 0.4) is 0 Å². The Balaban J connectivity index is 2.15. The summed E-state index contributed by atoms with van der Waals surface area (Å²) in [5.41, 5.74) is -0.695. The molecule has 0 unspecified atom stereocenters. The zero-order valence-corrected chi connectivity index (χ0v) is 13.6. The van der Waals surface area contributed by atoms with Gasteiger partial charge in [-0.05, 0) is 30.3 Å². The molecule has 134 valence electrons. The van der Waals surface area contributed by atoms with Gasteiger partial charge in [-0.3, -0.25) is 4.79 Å². The van der Waals surface area contributed by atoms with Crippen LogP contribution in [0.1, 0.15) is 5.56 Å². The highest BCUT2D eigenvalue weighted by Gasteiger charge is 2.30. The number of carbonyl (C=O) groups excluding carboxylic acids is 1. The molecule has 0 spiro atoms. The number of nitriles is 1. The van der Waals surface area contributed by atoms with Gasteiger partial charge in [-0.25, -0.2) is 0 Å². The molecule has 8 heteroatoms. The van der Waals surface area contributed by atoms with Crippen LogP contribution in [-0.2, 0) is 11.0 Å². The van der Waals surface area contributed by atoms with E-state index >= 15 is 0 Å². The maximum Gasteiger partial charge on any atom is 0.416 e. The van der Waals surface area contributed by atoms with Gasteiger partial charge >= 0.3 is 6.18 Å². The summed E-state index contributed by atoms with van der Waals surface area (Å²) >= 11 is 0. The highest BCUT2D eigenvalue weighted by molar-refractivity contribution is 6.07. The van der Waals surface area contributed by atoms with Gasteiger partial charge in [0, 0.05) is 11.9 Å². The van der Waals surface area contributed by atoms with Crippen LogP contribution in [0, 0.1) is 11.3 Å². The van der Waals surface area contributed by atoms with Crippen LogP contribution in [0.15, 0.2) is 60.3 Å². The Hall–Kier alpha value is -3.47. The number of hydrogen-bond acceptors (Lipinski definition) is 4. The molecule has 0 fully saturated rings. The van der Waals surface area contributed by atoms with Crippen molar-refractivity contribution >= 4 is 17.3 Å². The number of hydrogen-bond donors (Lipinski definition) is 2. The minimum atomic E-state index is -4.49. The first-order chi connectivity index (χ1) is 12.3. The molecule has 2 aromatic rings. The summed E-state index contributed by atoms with van der Waals surface area (Å²) in [6.45, 7) is 0. The van der Waals surface area contributed by atoms with Gasteiger partial charge in [-0.2, -0.15) is 18.4 Å². The largest absolute Gasteiger partial charge is 0.495 e. The van der Waals surface area contributed by atoms with E-state index in [0.717, 1.165) is 18.3 Å². The summed E-state index contributed by atoms with van der Waals surface area (Å²) in [5.74, 6) is -0.319. The third-order valence-electron chi connectivity index (χ3n) is 3.29. The molecule has 0 aliphatic carbocycles. The number of benzene rings is 2. The minimum Gasteiger partial charge on any atom is -0.495 e. The van der Waals surface area contributed by atoms with Gasteiger partial charge in [0.05, 0.1) is 18.4 Å². The first kappa shape index (κ1) is 18.9. The SMILES string of the molecule is COc1ccccc1NC(=O)/C(C#N)=C\Nc1cccc(C(F)(F)F)c1. The molecule has 0 saturated heterocycles. The standard InChI is InChI=1S/C18H14F3N3O2/c1-26-16-8-3-2-7-15(16)24-17(25)12(10-22)11-23-14-6-4-5-13(9-14)18(19,20)21/h2-9,11,23H,1H3,(H,24,25)/b12-11-. The van der Waals surface area contributed by atoms with Crippen molar-refractivity contribution in [1.82, 2.24) is 0 Å². The van der Waals surface area contributed by atoms with E-state index in [1.807, 2.05) is 0 Å². The third kappa shape index (κ3) is 4.77. The Morgan fingerprint density at radius 3 is 2.58 bits per heavy atom. The number of halogens is 3. The van der Waals surface area contributed by atoms with E-state index in [2.05, 4.69) is 10.6 Å². The van der Waals surface area contributed by atoms with Crippen molar-refractivity contribution in [2.45, 2.75) is 6.18 Å². The molecule has 1 amide bonds. The molecule has 5 nitrogen and oxygen atoms in total.